The van der Waals surface area contributed by atoms with Crippen molar-refractivity contribution in [2.45, 2.75) is 19.4 Å². The van der Waals surface area contributed by atoms with E-state index in [1.807, 2.05) is 133 Å². The molecule has 12 rings (SSSR count). The van der Waals surface area contributed by atoms with Gasteiger partial charge < -0.3 is 14.4 Å². The Morgan fingerprint density at radius 3 is 1.21 bits per heavy atom. The van der Waals surface area contributed by atoms with Crippen molar-refractivity contribution < 1.29 is 9.47 Å². The maximum absolute atomic E-state index is 6.90. The third kappa shape index (κ3) is 6.99. The van der Waals surface area contributed by atoms with Crippen molar-refractivity contribution in [1.29, 1.82) is 0 Å². The van der Waals surface area contributed by atoms with Crippen LogP contribution in [0.1, 0.15) is 19.4 Å². The quantitative estimate of drug-likeness (QED) is 0.155. The van der Waals surface area contributed by atoms with Crippen LogP contribution >= 0.6 is 0 Å². The highest BCUT2D eigenvalue weighted by Gasteiger charge is 2.34. The number of fused-ring (bicyclic) bond motifs is 5. The Hall–Kier alpha value is -8.82. The molecule has 0 saturated heterocycles. The third-order valence-corrected chi connectivity index (χ3v) is 12.0. The van der Waals surface area contributed by atoms with E-state index in [1.54, 1.807) is 0 Å². The van der Waals surface area contributed by atoms with E-state index < -0.39 is 5.60 Å². The Balaban J connectivity index is 0.914. The molecule has 9 heteroatoms. The largest absolute Gasteiger partial charge is 0.482 e. The summed E-state index contributed by atoms with van der Waals surface area (Å²) in [6.45, 7) is 4.19. The van der Waals surface area contributed by atoms with E-state index in [-0.39, 0.29) is 0 Å². The Bertz CT molecular complexity index is 3350. The van der Waals surface area contributed by atoms with Crippen LogP contribution in [0.2, 0.25) is 0 Å². The molecule has 2 aromatic heterocycles. The Morgan fingerprint density at radius 2 is 0.727 bits per heavy atom. The molecule has 2 aliphatic rings. The van der Waals surface area contributed by atoms with Gasteiger partial charge in [0.15, 0.2) is 46.4 Å². The minimum absolute atomic E-state index is 0.544. The van der Waals surface area contributed by atoms with Crippen LogP contribution in [0.5, 0.6) is 17.2 Å². The van der Waals surface area contributed by atoms with Crippen LogP contribution in [0.25, 0.3) is 79.5 Å². The smallest absolute Gasteiger partial charge is 0.164 e. The molecule has 0 N–H and O–H groups in total. The first-order valence-corrected chi connectivity index (χ1v) is 21.9. The van der Waals surface area contributed by atoms with Gasteiger partial charge in [0, 0.05) is 50.2 Å². The normalized spacial score (nSPS) is 13.0. The summed E-state index contributed by atoms with van der Waals surface area (Å²) in [6.07, 6.45) is 0. The fourth-order valence-corrected chi connectivity index (χ4v) is 8.75. The van der Waals surface area contributed by atoms with Crippen LogP contribution in [0.4, 0.5) is 17.1 Å². The molecular weight excluding hydrogens is 815 g/mol. The van der Waals surface area contributed by atoms with Gasteiger partial charge >= 0.3 is 0 Å². The van der Waals surface area contributed by atoms with E-state index in [2.05, 4.69) is 85.5 Å². The average molecular weight is 854 g/mol. The van der Waals surface area contributed by atoms with E-state index in [0.29, 0.717) is 34.9 Å². The van der Waals surface area contributed by atoms with E-state index in [0.717, 1.165) is 84.4 Å². The van der Waals surface area contributed by atoms with Crippen LogP contribution in [-0.2, 0) is 5.60 Å². The standard InChI is InChI=1S/C57H39N7O2/c1-57(2)45-34-40(55-60-51(36-16-6-3-7-17-36)58-52(61-55)37-18-8-4-9-19-37)28-32-43(45)44-33-29-41(35-50(44)66-57)56-62-53(38-20-10-5-11-21-38)59-54(63-56)39-26-30-42(31-27-39)64-46-22-12-14-24-48(46)65-49-25-15-13-23-47(49)64/h3-35H,1-2H3. The molecule has 0 bridgehead atoms. The average Bonchev–Trinajstić information content (AvgIpc) is 3.38. The van der Waals surface area contributed by atoms with E-state index >= 15 is 0 Å². The van der Waals surface area contributed by atoms with Gasteiger partial charge in [-0.05, 0) is 86.1 Å². The van der Waals surface area contributed by atoms with Crippen LogP contribution < -0.4 is 14.4 Å². The first-order chi connectivity index (χ1) is 32.4. The van der Waals surface area contributed by atoms with Gasteiger partial charge in [0.05, 0.1) is 11.4 Å². The summed E-state index contributed by atoms with van der Waals surface area (Å²) in [4.78, 5) is 32.3. The summed E-state index contributed by atoms with van der Waals surface area (Å²) in [5.74, 6) is 5.86. The lowest BCUT2D eigenvalue weighted by molar-refractivity contribution is 0.106. The lowest BCUT2D eigenvalue weighted by Crippen LogP contribution is -2.29. The number of rotatable bonds is 7. The van der Waals surface area contributed by atoms with Gasteiger partial charge in [-0.15, -0.1) is 0 Å². The van der Waals surface area contributed by atoms with Crippen molar-refractivity contribution in [2.24, 2.45) is 0 Å². The van der Waals surface area contributed by atoms with Gasteiger partial charge in [0.25, 0.3) is 0 Å². The number of benzene rings is 8. The second kappa shape index (κ2) is 15.8. The zero-order chi connectivity index (χ0) is 44.2. The molecule has 0 amide bonds. The number of para-hydroxylation sites is 4. The summed E-state index contributed by atoms with van der Waals surface area (Å²) in [6, 6.07) is 67.1. The maximum Gasteiger partial charge on any atom is 0.164 e. The van der Waals surface area contributed by atoms with E-state index in [1.165, 1.54) is 0 Å². The summed E-state index contributed by atoms with van der Waals surface area (Å²) < 4.78 is 13.2. The molecule has 0 aliphatic carbocycles. The minimum Gasteiger partial charge on any atom is -0.482 e. The number of aromatic nitrogens is 6. The number of hydrogen-bond acceptors (Lipinski definition) is 9. The van der Waals surface area contributed by atoms with Crippen molar-refractivity contribution >= 4 is 17.1 Å². The fraction of sp³-hybridized carbons (Fsp3) is 0.0526. The lowest BCUT2D eigenvalue weighted by Gasteiger charge is -2.35. The molecule has 0 radical (unpaired) electrons. The zero-order valence-corrected chi connectivity index (χ0v) is 36.0. The molecule has 4 heterocycles. The van der Waals surface area contributed by atoms with Gasteiger partial charge in [0.1, 0.15) is 11.4 Å². The van der Waals surface area contributed by atoms with E-state index in [4.69, 9.17) is 39.4 Å². The van der Waals surface area contributed by atoms with Gasteiger partial charge in [-0.2, -0.15) is 0 Å². The topological polar surface area (TPSA) is 99.0 Å². The Kier molecular flexibility index (Phi) is 9.27. The van der Waals surface area contributed by atoms with E-state index in [9.17, 15) is 0 Å². The monoisotopic (exact) mass is 853 g/mol. The van der Waals surface area contributed by atoms with Crippen molar-refractivity contribution in [3.63, 3.8) is 0 Å². The number of hydrogen-bond donors (Lipinski definition) is 0. The second-order valence-corrected chi connectivity index (χ2v) is 16.7. The maximum atomic E-state index is 6.90. The lowest BCUT2D eigenvalue weighted by atomic mass is 9.84. The van der Waals surface area contributed by atoms with Gasteiger partial charge in [-0.1, -0.05) is 133 Å². The minimum atomic E-state index is -0.697. The highest BCUT2D eigenvalue weighted by molar-refractivity contribution is 5.87. The molecule has 0 spiro atoms. The third-order valence-electron chi connectivity index (χ3n) is 12.0. The van der Waals surface area contributed by atoms with Crippen LogP contribution in [0, 0.1) is 0 Å². The summed E-state index contributed by atoms with van der Waals surface area (Å²) >= 11 is 0. The Labute approximate surface area is 381 Å². The molecule has 0 fully saturated rings. The highest BCUT2D eigenvalue weighted by atomic mass is 16.5. The number of ether oxygens (including phenoxy) is 2. The van der Waals surface area contributed by atoms with Gasteiger partial charge in [-0.3, -0.25) is 0 Å². The summed E-state index contributed by atoms with van der Waals surface area (Å²) in [5, 5.41) is 0. The molecule has 0 atom stereocenters. The molecule has 66 heavy (non-hydrogen) atoms. The molecule has 8 aromatic carbocycles. The predicted molar refractivity (Wildman–Crippen MR) is 260 cm³/mol. The molecular formula is C57H39N7O2. The van der Waals surface area contributed by atoms with Crippen molar-refractivity contribution in [1.82, 2.24) is 29.9 Å². The van der Waals surface area contributed by atoms with Crippen molar-refractivity contribution in [3.05, 3.63) is 206 Å². The number of nitrogens with zero attached hydrogens (tertiary/aromatic N) is 7. The van der Waals surface area contributed by atoms with Gasteiger partial charge in [0.2, 0.25) is 0 Å². The molecule has 10 aromatic rings. The van der Waals surface area contributed by atoms with Crippen LogP contribution in [0.15, 0.2) is 200 Å². The fourth-order valence-electron chi connectivity index (χ4n) is 8.75. The molecule has 9 nitrogen and oxygen atoms in total. The van der Waals surface area contributed by atoms with Crippen LogP contribution in [0.3, 0.4) is 0 Å². The van der Waals surface area contributed by atoms with Crippen LogP contribution in [-0.4, -0.2) is 29.9 Å². The SMILES string of the molecule is CC1(C)Oc2cc(-c3nc(-c4ccccc4)nc(-c4ccc(N5c6ccccc6Oc6ccccc65)cc4)n3)ccc2-c2ccc(-c3nc(-c4ccccc4)nc(-c4ccccc4)n3)cc21. The van der Waals surface area contributed by atoms with Crippen molar-refractivity contribution in [3.8, 4) is 96.7 Å². The Morgan fingerprint density at radius 1 is 0.348 bits per heavy atom. The zero-order valence-electron chi connectivity index (χ0n) is 36.0. The molecule has 0 saturated carbocycles. The summed E-state index contributed by atoms with van der Waals surface area (Å²) in [5.41, 5.74) is 10.6. The molecule has 2 aliphatic heterocycles. The second-order valence-electron chi connectivity index (χ2n) is 16.7. The number of anilines is 3. The molecule has 314 valence electrons. The highest BCUT2D eigenvalue weighted by Crippen LogP contribution is 2.51. The predicted octanol–water partition coefficient (Wildman–Crippen LogP) is 13.9. The van der Waals surface area contributed by atoms with Gasteiger partial charge in [-0.25, -0.2) is 29.9 Å². The van der Waals surface area contributed by atoms with Crippen molar-refractivity contribution in [2.75, 3.05) is 4.90 Å². The molecule has 0 unspecified atom stereocenters. The first-order valence-electron chi connectivity index (χ1n) is 21.9. The first kappa shape index (κ1) is 38.8. The summed E-state index contributed by atoms with van der Waals surface area (Å²) in [7, 11) is 0.